The van der Waals surface area contributed by atoms with E-state index in [0.29, 0.717) is 18.2 Å². The molecule has 18 heavy (non-hydrogen) atoms. The highest BCUT2D eigenvalue weighted by Crippen LogP contribution is 2.21. The van der Waals surface area contributed by atoms with E-state index in [4.69, 9.17) is 11.6 Å². The molecule has 0 bridgehead atoms. The van der Waals surface area contributed by atoms with Crippen LogP contribution in [0.3, 0.4) is 0 Å². The van der Waals surface area contributed by atoms with Crippen LogP contribution in [-0.2, 0) is 0 Å². The van der Waals surface area contributed by atoms with Gasteiger partial charge in [0.1, 0.15) is 5.82 Å². The average Bonchev–Trinajstić information content (AvgIpc) is 2.40. The van der Waals surface area contributed by atoms with Crippen LogP contribution in [0.15, 0.2) is 18.2 Å². The second kappa shape index (κ2) is 6.50. The van der Waals surface area contributed by atoms with Crippen LogP contribution in [0.25, 0.3) is 0 Å². The molecule has 2 nitrogen and oxygen atoms in total. The van der Waals surface area contributed by atoms with E-state index in [1.807, 2.05) is 0 Å². The lowest BCUT2D eigenvalue weighted by Crippen LogP contribution is -2.34. The lowest BCUT2D eigenvalue weighted by Gasteiger charge is -2.24. The molecule has 1 atom stereocenters. The number of aliphatic hydroxyl groups is 1. The van der Waals surface area contributed by atoms with Crippen LogP contribution in [0.1, 0.15) is 43.8 Å². The van der Waals surface area contributed by atoms with Gasteiger partial charge in [-0.1, -0.05) is 36.9 Å². The monoisotopic (exact) mass is 271 g/mol. The van der Waals surface area contributed by atoms with E-state index in [9.17, 15) is 9.50 Å². The maximum Gasteiger partial charge on any atom is 0.142 e. The molecule has 0 aliphatic heterocycles. The van der Waals surface area contributed by atoms with E-state index in [2.05, 4.69) is 5.32 Å². The minimum Gasteiger partial charge on any atom is -0.387 e. The SMILES string of the molecule is OC(CNC1CCCCC1)c1ccc(Cl)c(F)c1. The Labute approximate surface area is 112 Å². The fourth-order valence-corrected chi connectivity index (χ4v) is 2.54. The van der Waals surface area contributed by atoms with Crippen molar-refractivity contribution < 1.29 is 9.50 Å². The molecule has 4 heteroatoms. The van der Waals surface area contributed by atoms with Gasteiger partial charge in [-0.2, -0.15) is 0 Å². The maximum absolute atomic E-state index is 13.3. The second-order valence-electron chi connectivity index (χ2n) is 4.93. The molecular weight excluding hydrogens is 253 g/mol. The Morgan fingerprint density at radius 2 is 2.06 bits per heavy atom. The molecule has 1 unspecified atom stereocenters. The Balaban J connectivity index is 1.86. The van der Waals surface area contributed by atoms with Gasteiger partial charge in [0.2, 0.25) is 0 Å². The Kier molecular flexibility index (Phi) is 4.98. The number of halogens is 2. The normalized spacial score (nSPS) is 18.8. The largest absolute Gasteiger partial charge is 0.387 e. The Morgan fingerprint density at radius 1 is 1.33 bits per heavy atom. The average molecular weight is 272 g/mol. The number of nitrogens with one attached hydrogen (secondary N) is 1. The zero-order valence-corrected chi connectivity index (χ0v) is 11.1. The lowest BCUT2D eigenvalue weighted by atomic mass is 9.95. The van der Waals surface area contributed by atoms with Crippen LogP contribution in [0.5, 0.6) is 0 Å². The Hall–Kier alpha value is -0.640. The summed E-state index contributed by atoms with van der Waals surface area (Å²) in [6.45, 7) is 0.464. The Bertz CT molecular complexity index is 393. The first-order valence-electron chi connectivity index (χ1n) is 6.53. The third kappa shape index (κ3) is 3.67. The minimum absolute atomic E-state index is 0.0891. The summed E-state index contributed by atoms with van der Waals surface area (Å²) >= 11 is 5.61. The summed E-state index contributed by atoms with van der Waals surface area (Å²) < 4.78 is 13.3. The van der Waals surface area contributed by atoms with Gasteiger partial charge in [0, 0.05) is 12.6 Å². The van der Waals surface area contributed by atoms with Gasteiger partial charge in [-0.05, 0) is 30.5 Å². The highest BCUT2D eigenvalue weighted by molar-refractivity contribution is 6.30. The van der Waals surface area contributed by atoms with Crippen LogP contribution in [-0.4, -0.2) is 17.7 Å². The molecule has 1 aromatic carbocycles. The third-order valence-electron chi connectivity index (χ3n) is 3.53. The smallest absolute Gasteiger partial charge is 0.142 e. The first-order chi connectivity index (χ1) is 8.66. The highest BCUT2D eigenvalue weighted by atomic mass is 35.5. The first kappa shape index (κ1) is 13.8. The molecule has 1 saturated carbocycles. The van der Waals surface area contributed by atoms with E-state index in [1.165, 1.54) is 44.2 Å². The van der Waals surface area contributed by atoms with Gasteiger partial charge in [0.25, 0.3) is 0 Å². The molecular formula is C14H19ClFNO. The number of benzene rings is 1. The Morgan fingerprint density at radius 3 is 2.72 bits per heavy atom. The van der Waals surface area contributed by atoms with Crippen LogP contribution in [0, 0.1) is 5.82 Å². The predicted octanol–water partition coefficient (Wildman–Crippen LogP) is 3.43. The van der Waals surface area contributed by atoms with Crippen LogP contribution < -0.4 is 5.32 Å². The van der Waals surface area contributed by atoms with Gasteiger partial charge in [-0.15, -0.1) is 0 Å². The molecule has 0 spiro atoms. The molecule has 2 rings (SSSR count). The van der Waals surface area contributed by atoms with E-state index in [0.717, 1.165) is 0 Å². The minimum atomic E-state index is -0.682. The van der Waals surface area contributed by atoms with Crippen molar-refractivity contribution in [3.05, 3.63) is 34.6 Å². The van der Waals surface area contributed by atoms with Crippen molar-refractivity contribution in [2.24, 2.45) is 0 Å². The van der Waals surface area contributed by atoms with E-state index < -0.39 is 11.9 Å². The second-order valence-corrected chi connectivity index (χ2v) is 5.34. The predicted molar refractivity (Wildman–Crippen MR) is 71.2 cm³/mol. The molecule has 0 saturated heterocycles. The number of hydrogen-bond donors (Lipinski definition) is 2. The summed E-state index contributed by atoms with van der Waals surface area (Å²) in [6, 6.07) is 4.94. The summed E-state index contributed by atoms with van der Waals surface area (Å²) in [5.41, 5.74) is 0.570. The molecule has 0 heterocycles. The number of rotatable bonds is 4. The van der Waals surface area contributed by atoms with Gasteiger partial charge in [0.15, 0.2) is 0 Å². The van der Waals surface area contributed by atoms with Crippen molar-refractivity contribution in [3.63, 3.8) is 0 Å². The zero-order valence-electron chi connectivity index (χ0n) is 10.3. The van der Waals surface area contributed by atoms with Crippen molar-refractivity contribution in [2.45, 2.75) is 44.2 Å². The van der Waals surface area contributed by atoms with E-state index in [1.54, 1.807) is 6.07 Å². The molecule has 0 amide bonds. The number of aliphatic hydroxyl groups excluding tert-OH is 1. The summed E-state index contributed by atoms with van der Waals surface area (Å²) in [6.07, 6.45) is 5.47. The molecule has 1 fully saturated rings. The zero-order chi connectivity index (χ0) is 13.0. The molecule has 1 aliphatic carbocycles. The van der Waals surface area contributed by atoms with Crippen molar-refractivity contribution >= 4 is 11.6 Å². The van der Waals surface area contributed by atoms with Gasteiger partial charge >= 0.3 is 0 Å². The van der Waals surface area contributed by atoms with Crippen LogP contribution in [0.2, 0.25) is 5.02 Å². The van der Waals surface area contributed by atoms with Gasteiger partial charge in [-0.3, -0.25) is 0 Å². The fraction of sp³-hybridized carbons (Fsp3) is 0.571. The molecule has 0 aromatic heterocycles. The van der Waals surface area contributed by atoms with Gasteiger partial charge in [-0.25, -0.2) is 4.39 Å². The quantitative estimate of drug-likeness (QED) is 0.879. The van der Waals surface area contributed by atoms with Crippen molar-refractivity contribution in [2.75, 3.05) is 6.54 Å². The van der Waals surface area contributed by atoms with E-state index >= 15 is 0 Å². The van der Waals surface area contributed by atoms with Gasteiger partial charge in [0.05, 0.1) is 11.1 Å². The highest BCUT2D eigenvalue weighted by Gasteiger charge is 2.15. The number of hydrogen-bond acceptors (Lipinski definition) is 2. The molecule has 2 N–H and O–H groups in total. The third-order valence-corrected chi connectivity index (χ3v) is 3.84. The summed E-state index contributed by atoms with van der Waals surface area (Å²) in [4.78, 5) is 0. The molecule has 100 valence electrons. The maximum atomic E-state index is 13.3. The van der Waals surface area contributed by atoms with Crippen LogP contribution in [0.4, 0.5) is 4.39 Å². The van der Waals surface area contributed by atoms with Crippen molar-refractivity contribution in [3.8, 4) is 0 Å². The summed E-state index contributed by atoms with van der Waals surface area (Å²) in [5, 5.41) is 13.4. The first-order valence-corrected chi connectivity index (χ1v) is 6.91. The molecule has 1 aliphatic rings. The molecule has 1 aromatic rings. The lowest BCUT2D eigenvalue weighted by molar-refractivity contribution is 0.165. The summed E-state index contributed by atoms with van der Waals surface area (Å²) in [7, 11) is 0. The fourth-order valence-electron chi connectivity index (χ4n) is 2.42. The van der Waals surface area contributed by atoms with Crippen molar-refractivity contribution in [1.82, 2.24) is 5.32 Å². The standard InChI is InChI=1S/C14H19ClFNO/c15-12-7-6-10(8-13(12)16)14(18)9-17-11-4-2-1-3-5-11/h6-8,11,14,17-18H,1-5,9H2. The van der Waals surface area contributed by atoms with Crippen LogP contribution >= 0.6 is 11.6 Å². The topological polar surface area (TPSA) is 32.3 Å². The summed E-state index contributed by atoms with van der Waals surface area (Å²) in [5.74, 6) is -0.481. The molecule has 0 radical (unpaired) electrons. The van der Waals surface area contributed by atoms with Gasteiger partial charge < -0.3 is 10.4 Å². The van der Waals surface area contributed by atoms with E-state index in [-0.39, 0.29) is 5.02 Å². The van der Waals surface area contributed by atoms with Crippen molar-refractivity contribution in [1.29, 1.82) is 0 Å².